The molecule has 96 valence electrons. The Labute approximate surface area is 106 Å². The Morgan fingerprint density at radius 2 is 2.11 bits per heavy atom. The van der Waals surface area contributed by atoms with Gasteiger partial charge in [-0.25, -0.2) is 4.98 Å². The largest absolute Gasteiger partial charge is 0.501 e. The van der Waals surface area contributed by atoms with Crippen LogP contribution in [0.5, 0.6) is 0 Å². The van der Waals surface area contributed by atoms with Crippen molar-refractivity contribution in [2.24, 2.45) is 0 Å². The summed E-state index contributed by atoms with van der Waals surface area (Å²) in [4.78, 5) is 4.14. The Morgan fingerprint density at radius 3 is 2.72 bits per heavy atom. The standard InChI is InChI=1S/C12H10F3NOS/c1-7(17-2)5-11-16-9-6-8(12(13,14)15)3-4-10(9)18-11/h3-6H,1-2H3/b7-5-. The molecule has 0 aliphatic heterocycles. The second kappa shape index (κ2) is 4.61. The zero-order valence-corrected chi connectivity index (χ0v) is 10.5. The number of fused-ring (bicyclic) bond motifs is 1. The minimum Gasteiger partial charge on any atom is -0.501 e. The SMILES string of the molecule is CO/C(C)=C\c1nc2cc(C(F)(F)F)ccc2s1. The zero-order valence-electron chi connectivity index (χ0n) is 9.71. The first-order valence-electron chi connectivity index (χ1n) is 5.10. The lowest BCUT2D eigenvalue weighted by Gasteiger charge is -2.04. The van der Waals surface area contributed by atoms with Crippen LogP contribution in [-0.4, -0.2) is 12.1 Å². The number of aromatic nitrogens is 1. The van der Waals surface area contributed by atoms with Crippen LogP contribution in [0.2, 0.25) is 0 Å². The molecule has 0 aliphatic rings. The summed E-state index contributed by atoms with van der Waals surface area (Å²) in [5.41, 5.74) is -0.329. The molecule has 18 heavy (non-hydrogen) atoms. The van der Waals surface area contributed by atoms with Gasteiger partial charge in [-0.1, -0.05) is 0 Å². The predicted octanol–water partition coefficient (Wildman–Crippen LogP) is 4.32. The maximum Gasteiger partial charge on any atom is 0.416 e. The number of allylic oxidation sites excluding steroid dienone is 1. The Kier molecular flexibility index (Phi) is 3.30. The van der Waals surface area contributed by atoms with Crippen molar-refractivity contribution in [3.63, 3.8) is 0 Å². The van der Waals surface area contributed by atoms with Gasteiger partial charge < -0.3 is 4.74 Å². The quantitative estimate of drug-likeness (QED) is 0.760. The smallest absolute Gasteiger partial charge is 0.416 e. The fourth-order valence-electron chi connectivity index (χ4n) is 1.42. The highest BCUT2D eigenvalue weighted by molar-refractivity contribution is 7.19. The number of thiazole rings is 1. The molecule has 0 spiro atoms. The van der Waals surface area contributed by atoms with Gasteiger partial charge in [-0.2, -0.15) is 13.2 Å². The van der Waals surface area contributed by atoms with Gasteiger partial charge in [0.25, 0.3) is 0 Å². The van der Waals surface area contributed by atoms with E-state index in [0.29, 0.717) is 16.3 Å². The monoisotopic (exact) mass is 273 g/mol. The Morgan fingerprint density at radius 1 is 1.39 bits per heavy atom. The molecule has 0 N–H and O–H groups in total. The summed E-state index contributed by atoms with van der Waals surface area (Å²) >= 11 is 1.33. The lowest BCUT2D eigenvalue weighted by Crippen LogP contribution is -2.03. The molecule has 0 atom stereocenters. The van der Waals surface area contributed by atoms with Crippen molar-refractivity contribution in [1.29, 1.82) is 0 Å². The van der Waals surface area contributed by atoms with E-state index in [1.807, 2.05) is 0 Å². The van der Waals surface area contributed by atoms with Crippen LogP contribution >= 0.6 is 11.3 Å². The Bertz CT molecular complexity index is 601. The van der Waals surface area contributed by atoms with Crippen molar-refractivity contribution in [3.8, 4) is 0 Å². The third kappa shape index (κ3) is 2.64. The van der Waals surface area contributed by atoms with Crippen LogP contribution in [0.15, 0.2) is 24.0 Å². The van der Waals surface area contributed by atoms with E-state index in [1.54, 1.807) is 13.0 Å². The molecule has 0 radical (unpaired) electrons. The van der Waals surface area contributed by atoms with Crippen LogP contribution < -0.4 is 0 Å². The molecule has 0 saturated carbocycles. The van der Waals surface area contributed by atoms with E-state index in [4.69, 9.17) is 4.74 Å². The number of halogens is 3. The van der Waals surface area contributed by atoms with E-state index in [1.165, 1.54) is 24.5 Å². The van der Waals surface area contributed by atoms with Gasteiger partial charge in [-0.05, 0) is 25.1 Å². The summed E-state index contributed by atoms with van der Waals surface area (Å²) in [6.45, 7) is 1.76. The molecule has 0 amide bonds. The molecule has 1 heterocycles. The normalized spacial score (nSPS) is 13.1. The number of hydrogen-bond donors (Lipinski definition) is 0. The van der Waals surface area contributed by atoms with Gasteiger partial charge in [0.05, 0.1) is 28.6 Å². The minimum absolute atomic E-state index is 0.352. The van der Waals surface area contributed by atoms with Crippen LogP contribution in [0.4, 0.5) is 13.2 Å². The molecule has 0 bridgehead atoms. The second-order valence-electron chi connectivity index (χ2n) is 3.69. The van der Waals surface area contributed by atoms with Crippen molar-refractivity contribution in [3.05, 3.63) is 34.5 Å². The number of hydrogen-bond acceptors (Lipinski definition) is 3. The maximum absolute atomic E-state index is 12.5. The first-order valence-corrected chi connectivity index (χ1v) is 5.92. The fourth-order valence-corrected chi connectivity index (χ4v) is 2.36. The van der Waals surface area contributed by atoms with Gasteiger partial charge in [0, 0.05) is 6.08 Å². The summed E-state index contributed by atoms with van der Waals surface area (Å²) in [7, 11) is 1.53. The van der Waals surface area contributed by atoms with Gasteiger partial charge in [0.15, 0.2) is 0 Å². The molecule has 0 saturated heterocycles. The highest BCUT2D eigenvalue weighted by Gasteiger charge is 2.30. The molecule has 0 fully saturated rings. The van der Waals surface area contributed by atoms with Crippen molar-refractivity contribution >= 4 is 27.6 Å². The molecule has 2 rings (SSSR count). The van der Waals surface area contributed by atoms with Gasteiger partial charge in [-0.15, -0.1) is 11.3 Å². The number of methoxy groups -OCH3 is 1. The number of ether oxygens (including phenoxy) is 1. The molecule has 2 nitrogen and oxygen atoms in total. The molecule has 1 aromatic heterocycles. The van der Waals surface area contributed by atoms with E-state index in [-0.39, 0.29) is 0 Å². The van der Waals surface area contributed by atoms with Gasteiger partial charge in [0.2, 0.25) is 0 Å². The predicted molar refractivity (Wildman–Crippen MR) is 65.3 cm³/mol. The molecule has 2 aromatic rings. The zero-order chi connectivity index (χ0) is 13.3. The lowest BCUT2D eigenvalue weighted by atomic mass is 10.2. The van der Waals surface area contributed by atoms with E-state index >= 15 is 0 Å². The van der Waals surface area contributed by atoms with Crippen molar-refractivity contribution in [2.75, 3.05) is 7.11 Å². The van der Waals surface area contributed by atoms with Gasteiger partial charge in [-0.3, -0.25) is 0 Å². The number of nitrogens with zero attached hydrogens (tertiary/aromatic N) is 1. The maximum atomic E-state index is 12.5. The molecule has 0 unspecified atom stereocenters. The molecular formula is C12H10F3NOS. The average Bonchev–Trinajstić information content (AvgIpc) is 2.68. The highest BCUT2D eigenvalue weighted by atomic mass is 32.1. The number of benzene rings is 1. The topological polar surface area (TPSA) is 22.1 Å². The Balaban J connectivity index is 2.46. The molecular weight excluding hydrogens is 263 g/mol. The van der Waals surface area contributed by atoms with Crippen molar-refractivity contribution < 1.29 is 17.9 Å². The summed E-state index contributed by atoms with van der Waals surface area (Å²) in [6, 6.07) is 3.57. The van der Waals surface area contributed by atoms with Crippen molar-refractivity contribution in [1.82, 2.24) is 4.98 Å². The highest BCUT2D eigenvalue weighted by Crippen LogP contribution is 2.33. The number of rotatable bonds is 2. The lowest BCUT2D eigenvalue weighted by molar-refractivity contribution is -0.137. The first kappa shape index (κ1) is 12.9. The third-order valence-corrected chi connectivity index (χ3v) is 3.36. The van der Waals surface area contributed by atoms with Crippen LogP contribution in [0, 0.1) is 0 Å². The van der Waals surface area contributed by atoms with E-state index in [2.05, 4.69) is 4.98 Å². The van der Waals surface area contributed by atoms with Crippen LogP contribution in [0.3, 0.4) is 0 Å². The summed E-state index contributed by atoms with van der Waals surface area (Å²) in [6.07, 6.45) is -2.64. The first-order chi connectivity index (χ1) is 8.40. The average molecular weight is 273 g/mol. The van der Waals surface area contributed by atoms with Crippen LogP contribution in [-0.2, 0) is 10.9 Å². The van der Waals surface area contributed by atoms with Crippen molar-refractivity contribution in [2.45, 2.75) is 13.1 Å². The van der Waals surface area contributed by atoms with E-state index < -0.39 is 11.7 Å². The third-order valence-electron chi connectivity index (χ3n) is 2.38. The molecule has 0 aliphatic carbocycles. The van der Waals surface area contributed by atoms with Gasteiger partial charge in [0.1, 0.15) is 5.01 Å². The van der Waals surface area contributed by atoms with Crippen LogP contribution in [0.1, 0.15) is 17.5 Å². The molecule has 6 heteroatoms. The van der Waals surface area contributed by atoms with Crippen LogP contribution in [0.25, 0.3) is 16.3 Å². The minimum atomic E-state index is -4.34. The van der Waals surface area contributed by atoms with E-state index in [9.17, 15) is 13.2 Å². The number of alkyl halides is 3. The summed E-state index contributed by atoms with van der Waals surface area (Å²) < 4.78 is 43.3. The summed E-state index contributed by atoms with van der Waals surface area (Å²) in [5, 5.41) is 0.628. The Hall–Kier alpha value is -1.56. The van der Waals surface area contributed by atoms with E-state index in [0.717, 1.165) is 16.8 Å². The second-order valence-corrected chi connectivity index (χ2v) is 4.75. The molecule has 1 aromatic carbocycles. The summed E-state index contributed by atoms with van der Waals surface area (Å²) in [5.74, 6) is 0.658. The van der Waals surface area contributed by atoms with Gasteiger partial charge >= 0.3 is 6.18 Å². The fraction of sp³-hybridized carbons (Fsp3) is 0.250.